The summed E-state index contributed by atoms with van der Waals surface area (Å²) < 4.78 is 0. The molecule has 0 atom stereocenters. The second-order valence-electron chi connectivity index (χ2n) is 4.78. The van der Waals surface area contributed by atoms with Gasteiger partial charge in [0.2, 0.25) is 0 Å². The third kappa shape index (κ3) is 3.50. The molecule has 2 heterocycles. The number of carbonyl (C=O) groups is 1. The van der Waals surface area contributed by atoms with Crippen molar-refractivity contribution >= 4 is 18.1 Å². The number of rotatable bonds is 5. The van der Waals surface area contributed by atoms with Gasteiger partial charge in [0.15, 0.2) is 5.82 Å². The number of hydrogen-bond donors (Lipinski definition) is 1. The Labute approximate surface area is 122 Å². The van der Waals surface area contributed by atoms with Crippen LogP contribution in [-0.2, 0) is 6.54 Å². The van der Waals surface area contributed by atoms with E-state index in [0.717, 1.165) is 0 Å². The van der Waals surface area contributed by atoms with Gasteiger partial charge in [0, 0.05) is 6.20 Å². The van der Waals surface area contributed by atoms with Crippen LogP contribution in [0.3, 0.4) is 0 Å². The molecule has 0 aromatic carbocycles. The maximum atomic E-state index is 11.1. The summed E-state index contributed by atoms with van der Waals surface area (Å²) in [6, 6.07) is 0. The SMILES string of the molecule is CCn1ncc(/C=C/c2ncc(C(=O)O)c(C(C)C)n2)n1. The van der Waals surface area contributed by atoms with Gasteiger partial charge in [0.05, 0.1) is 24.0 Å². The van der Waals surface area contributed by atoms with Crippen molar-refractivity contribution < 1.29 is 9.90 Å². The molecule has 0 bridgehead atoms. The fourth-order valence-corrected chi connectivity index (χ4v) is 1.79. The van der Waals surface area contributed by atoms with Gasteiger partial charge < -0.3 is 5.11 Å². The van der Waals surface area contributed by atoms with Crippen LogP contribution in [0.25, 0.3) is 12.2 Å². The van der Waals surface area contributed by atoms with Crippen LogP contribution >= 0.6 is 0 Å². The highest BCUT2D eigenvalue weighted by atomic mass is 16.4. The van der Waals surface area contributed by atoms with Crippen molar-refractivity contribution in [2.24, 2.45) is 0 Å². The quantitative estimate of drug-likeness (QED) is 0.904. The van der Waals surface area contributed by atoms with Gasteiger partial charge in [-0.05, 0) is 25.0 Å². The molecule has 0 amide bonds. The number of aromatic nitrogens is 5. The first-order valence-electron chi connectivity index (χ1n) is 6.69. The fourth-order valence-electron chi connectivity index (χ4n) is 1.79. The summed E-state index contributed by atoms with van der Waals surface area (Å²) in [5.41, 5.74) is 1.36. The predicted molar refractivity (Wildman–Crippen MR) is 77.7 cm³/mol. The van der Waals surface area contributed by atoms with Gasteiger partial charge >= 0.3 is 5.97 Å². The van der Waals surface area contributed by atoms with Gasteiger partial charge in [0.1, 0.15) is 5.69 Å². The van der Waals surface area contributed by atoms with Crippen LogP contribution in [0.4, 0.5) is 0 Å². The topological polar surface area (TPSA) is 93.8 Å². The van der Waals surface area contributed by atoms with Crippen LogP contribution < -0.4 is 0 Å². The van der Waals surface area contributed by atoms with Crippen molar-refractivity contribution in [2.75, 3.05) is 0 Å². The minimum atomic E-state index is -1.01. The first-order chi connectivity index (χ1) is 10.0. The van der Waals surface area contributed by atoms with Crippen LogP contribution in [0.15, 0.2) is 12.4 Å². The van der Waals surface area contributed by atoms with E-state index < -0.39 is 5.97 Å². The number of nitrogens with zero attached hydrogens (tertiary/aromatic N) is 5. The lowest BCUT2D eigenvalue weighted by Gasteiger charge is -2.08. The molecule has 1 N–H and O–H groups in total. The van der Waals surface area contributed by atoms with Crippen molar-refractivity contribution in [2.45, 2.75) is 33.2 Å². The summed E-state index contributed by atoms with van der Waals surface area (Å²) in [6.45, 7) is 6.45. The van der Waals surface area contributed by atoms with E-state index in [0.29, 0.717) is 23.8 Å². The van der Waals surface area contributed by atoms with E-state index >= 15 is 0 Å². The third-order valence-corrected chi connectivity index (χ3v) is 2.85. The van der Waals surface area contributed by atoms with Gasteiger partial charge in [0.25, 0.3) is 0 Å². The van der Waals surface area contributed by atoms with Crippen LogP contribution in [0, 0.1) is 0 Å². The first-order valence-corrected chi connectivity index (χ1v) is 6.69. The van der Waals surface area contributed by atoms with Crippen molar-refractivity contribution in [3.8, 4) is 0 Å². The predicted octanol–water partition coefficient (Wildman–Crippen LogP) is 2.08. The molecule has 0 aliphatic carbocycles. The lowest BCUT2D eigenvalue weighted by Crippen LogP contribution is -2.08. The van der Waals surface area contributed by atoms with Crippen LogP contribution in [0.5, 0.6) is 0 Å². The minimum Gasteiger partial charge on any atom is -0.478 e. The lowest BCUT2D eigenvalue weighted by molar-refractivity contribution is 0.0694. The zero-order chi connectivity index (χ0) is 15.4. The Hall–Kier alpha value is -2.57. The van der Waals surface area contributed by atoms with E-state index in [1.165, 1.54) is 6.20 Å². The number of carboxylic acid groups (broad SMARTS) is 1. The molecule has 0 spiro atoms. The average molecular weight is 287 g/mol. The first kappa shape index (κ1) is 14.8. The van der Waals surface area contributed by atoms with Gasteiger partial charge in [-0.3, -0.25) is 0 Å². The Balaban J connectivity index is 2.28. The van der Waals surface area contributed by atoms with Crippen molar-refractivity contribution in [3.63, 3.8) is 0 Å². The highest BCUT2D eigenvalue weighted by Gasteiger charge is 2.15. The highest BCUT2D eigenvalue weighted by Crippen LogP contribution is 2.17. The number of aryl methyl sites for hydroxylation is 1. The Kier molecular flexibility index (Phi) is 4.42. The molecule has 2 aromatic rings. The lowest BCUT2D eigenvalue weighted by atomic mass is 10.1. The molecule has 7 nitrogen and oxygen atoms in total. The van der Waals surface area contributed by atoms with E-state index in [4.69, 9.17) is 5.11 Å². The molecule has 0 saturated heterocycles. The summed E-state index contributed by atoms with van der Waals surface area (Å²) >= 11 is 0. The monoisotopic (exact) mass is 287 g/mol. The molecule has 2 aromatic heterocycles. The van der Waals surface area contributed by atoms with Gasteiger partial charge in [-0.2, -0.15) is 15.0 Å². The average Bonchev–Trinajstić information content (AvgIpc) is 2.92. The smallest absolute Gasteiger partial charge is 0.339 e. The largest absolute Gasteiger partial charge is 0.478 e. The summed E-state index contributed by atoms with van der Waals surface area (Å²) in [7, 11) is 0. The Morgan fingerprint density at radius 1 is 1.38 bits per heavy atom. The number of hydrogen-bond acceptors (Lipinski definition) is 5. The van der Waals surface area contributed by atoms with E-state index in [2.05, 4.69) is 20.2 Å². The normalized spacial score (nSPS) is 11.4. The Morgan fingerprint density at radius 2 is 2.14 bits per heavy atom. The molecule has 7 heteroatoms. The molecule has 0 saturated carbocycles. The van der Waals surface area contributed by atoms with E-state index in [9.17, 15) is 4.79 Å². The third-order valence-electron chi connectivity index (χ3n) is 2.85. The standard InChI is InChI=1S/C14H17N5O2/c1-4-19-16-7-10(18-19)5-6-12-15-8-11(14(20)21)13(17-12)9(2)3/h5-9H,4H2,1-3H3,(H,20,21)/b6-5+. The zero-order valence-corrected chi connectivity index (χ0v) is 12.2. The minimum absolute atomic E-state index is 0.00668. The molecule has 0 radical (unpaired) electrons. The molecule has 0 aliphatic rings. The van der Waals surface area contributed by atoms with Gasteiger partial charge in [-0.1, -0.05) is 13.8 Å². The molecule has 21 heavy (non-hydrogen) atoms. The molecule has 0 fully saturated rings. The Bertz CT molecular complexity index is 676. The number of aromatic carboxylic acids is 1. The van der Waals surface area contributed by atoms with Crippen molar-refractivity contribution in [3.05, 3.63) is 35.2 Å². The van der Waals surface area contributed by atoms with Crippen LogP contribution in [-0.4, -0.2) is 36.0 Å². The molecular weight excluding hydrogens is 270 g/mol. The fraction of sp³-hybridized carbons (Fsp3) is 0.357. The maximum Gasteiger partial charge on any atom is 0.339 e. The molecule has 110 valence electrons. The highest BCUT2D eigenvalue weighted by molar-refractivity contribution is 5.88. The van der Waals surface area contributed by atoms with Crippen LogP contribution in [0.2, 0.25) is 0 Å². The van der Waals surface area contributed by atoms with E-state index in [1.54, 1.807) is 23.1 Å². The maximum absolute atomic E-state index is 11.1. The molecule has 0 aliphatic heterocycles. The Morgan fingerprint density at radius 3 is 2.71 bits per heavy atom. The van der Waals surface area contributed by atoms with E-state index in [-0.39, 0.29) is 11.5 Å². The summed E-state index contributed by atoms with van der Waals surface area (Å²) in [5.74, 6) is -0.554. The van der Waals surface area contributed by atoms with E-state index in [1.807, 2.05) is 20.8 Å². The molecule has 2 rings (SSSR count). The second kappa shape index (κ2) is 6.25. The summed E-state index contributed by atoms with van der Waals surface area (Å²) in [6.07, 6.45) is 6.43. The van der Waals surface area contributed by atoms with Gasteiger partial charge in [-0.15, -0.1) is 0 Å². The molecular formula is C14H17N5O2. The van der Waals surface area contributed by atoms with Crippen molar-refractivity contribution in [1.82, 2.24) is 25.0 Å². The van der Waals surface area contributed by atoms with Gasteiger partial charge in [-0.25, -0.2) is 14.8 Å². The van der Waals surface area contributed by atoms with Crippen LogP contribution in [0.1, 0.15) is 54.3 Å². The zero-order valence-electron chi connectivity index (χ0n) is 12.2. The van der Waals surface area contributed by atoms with Crippen molar-refractivity contribution in [1.29, 1.82) is 0 Å². The summed E-state index contributed by atoms with van der Waals surface area (Å²) in [5, 5.41) is 17.4. The molecule has 0 unspecified atom stereocenters. The summed E-state index contributed by atoms with van der Waals surface area (Å²) in [4.78, 5) is 21.1. The number of carboxylic acids is 1. The second-order valence-corrected chi connectivity index (χ2v) is 4.78.